The van der Waals surface area contributed by atoms with Crippen LogP contribution in [0.25, 0.3) is 0 Å². The summed E-state index contributed by atoms with van der Waals surface area (Å²) in [5, 5.41) is 13.9. The number of aromatic amines is 1. The number of nitrogens with one attached hydrogen (secondary N) is 2. The SMILES string of the molecule is Cc1cnn(CC(=O)NC[C@@H]2CCCO[C@H]2c2cn[nH]c2)c1. The monoisotopic (exact) mass is 303 g/mol. The van der Waals surface area contributed by atoms with E-state index in [-0.39, 0.29) is 24.5 Å². The predicted molar refractivity (Wildman–Crippen MR) is 80.0 cm³/mol. The lowest BCUT2D eigenvalue weighted by Crippen LogP contribution is -2.36. The number of aromatic nitrogens is 4. The Labute approximate surface area is 129 Å². The van der Waals surface area contributed by atoms with E-state index >= 15 is 0 Å². The molecule has 1 aliphatic rings. The van der Waals surface area contributed by atoms with Crippen LogP contribution in [0.5, 0.6) is 0 Å². The molecule has 0 spiro atoms. The molecule has 7 nitrogen and oxygen atoms in total. The summed E-state index contributed by atoms with van der Waals surface area (Å²) in [4.78, 5) is 12.0. The standard InChI is InChI=1S/C15H21N5O2/c1-11-5-19-20(9-11)10-14(21)16-6-12-3-2-4-22-15(12)13-7-17-18-8-13/h5,7-9,12,15H,2-4,6,10H2,1H3,(H,16,21)(H,17,18)/t12-,15+/m0/s1. The van der Waals surface area contributed by atoms with E-state index in [2.05, 4.69) is 20.6 Å². The fourth-order valence-electron chi connectivity index (χ4n) is 2.84. The van der Waals surface area contributed by atoms with Gasteiger partial charge in [-0.25, -0.2) is 0 Å². The number of nitrogens with zero attached hydrogens (tertiary/aromatic N) is 3. The van der Waals surface area contributed by atoms with E-state index in [1.165, 1.54) is 0 Å². The number of carbonyl (C=O) groups excluding carboxylic acids is 1. The van der Waals surface area contributed by atoms with Crippen LogP contribution in [0.15, 0.2) is 24.8 Å². The fourth-order valence-corrected chi connectivity index (χ4v) is 2.84. The number of ether oxygens (including phenoxy) is 1. The van der Waals surface area contributed by atoms with Gasteiger partial charge in [-0.2, -0.15) is 10.2 Å². The topological polar surface area (TPSA) is 84.8 Å². The molecule has 2 N–H and O–H groups in total. The third-order valence-corrected chi connectivity index (χ3v) is 3.92. The van der Waals surface area contributed by atoms with Crippen molar-refractivity contribution in [2.45, 2.75) is 32.4 Å². The van der Waals surface area contributed by atoms with Crippen LogP contribution in [0.1, 0.15) is 30.1 Å². The Morgan fingerprint density at radius 2 is 2.45 bits per heavy atom. The number of aryl methyl sites for hydroxylation is 1. The molecule has 1 fully saturated rings. The van der Waals surface area contributed by atoms with Crippen LogP contribution in [-0.4, -0.2) is 39.0 Å². The Hall–Kier alpha value is -2.15. The van der Waals surface area contributed by atoms with E-state index in [0.29, 0.717) is 6.54 Å². The van der Waals surface area contributed by atoms with Gasteiger partial charge in [-0.3, -0.25) is 14.6 Å². The van der Waals surface area contributed by atoms with E-state index < -0.39 is 0 Å². The maximum absolute atomic E-state index is 12.0. The molecule has 3 rings (SSSR count). The molecule has 0 saturated carbocycles. The average Bonchev–Trinajstić information content (AvgIpc) is 3.17. The minimum Gasteiger partial charge on any atom is -0.373 e. The Kier molecular flexibility index (Phi) is 4.53. The van der Waals surface area contributed by atoms with Crippen LogP contribution < -0.4 is 5.32 Å². The van der Waals surface area contributed by atoms with Gasteiger partial charge in [0.25, 0.3) is 0 Å². The third-order valence-electron chi connectivity index (χ3n) is 3.92. The van der Waals surface area contributed by atoms with Gasteiger partial charge in [-0.1, -0.05) is 0 Å². The number of H-pyrrole nitrogens is 1. The van der Waals surface area contributed by atoms with E-state index in [4.69, 9.17) is 4.74 Å². The van der Waals surface area contributed by atoms with Crippen molar-refractivity contribution in [3.8, 4) is 0 Å². The second-order valence-corrected chi connectivity index (χ2v) is 5.74. The Bertz CT molecular complexity index is 607. The molecule has 7 heteroatoms. The van der Waals surface area contributed by atoms with Gasteiger partial charge in [0.1, 0.15) is 6.54 Å². The molecule has 2 aromatic heterocycles. The molecule has 118 valence electrons. The Morgan fingerprint density at radius 1 is 1.55 bits per heavy atom. The van der Waals surface area contributed by atoms with E-state index in [9.17, 15) is 4.79 Å². The van der Waals surface area contributed by atoms with Crippen molar-refractivity contribution in [1.29, 1.82) is 0 Å². The molecule has 0 aromatic carbocycles. The number of rotatable bonds is 5. The summed E-state index contributed by atoms with van der Waals surface area (Å²) in [5.74, 6) is 0.245. The van der Waals surface area contributed by atoms with E-state index in [1.807, 2.05) is 19.3 Å². The lowest BCUT2D eigenvalue weighted by Gasteiger charge is -2.31. The normalized spacial score (nSPS) is 21.7. The summed E-state index contributed by atoms with van der Waals surface area (Å²) in [5.41, 5.74) is 2.09. The molecule has 0 bridgehead atoms. The molecule has 3 heterocycles. The smallest absolute Gasteiger partial charge is 0.241 e. The molecular weight excluding hydrogens is 282 g/mol. The predicted octanol–water partition coefficient (Wildman–Crippen LogP) is 1.20. The van der Waals surface area contributed by atoms with Crippen molar-refractivity contribution < 1.29 is 9.53 Å². The zero-order valence-electron chi connectivity index (χ0n) is 12.7. The van der Waals surface area contributed by atoms with Crippen LogP contribution in [0, 0.1) is 12.8 Å². The maximum atomic E-state index is 12.0. The van der Waals surface area contributed by atoms with Gasteiger partial charge in [0.15, 0.2) is 0 Å². The average molecular weight is 303 g/mol. The van der Waals surface area contributed by atoms with Crippen molar-refractivity contribution in [3.63, 3.8) is 0 Å². The first kappa shape index (κ1) is 14.8. The molecule has 1 saturated heterocycles. The summed E-state index contributed by atoms with van der Waals surface area (Å²) in [6, 6.07) is 0. The van der Waals surface area contributed by atoms with Gasteiger partial charge in [0.05, 0.1) is 18.5 Å². The Balaban J connectivity index is 1.53. The van der Waals surface area contributed by atoms with Gasteiger partial charge in [0, 0.05) is 37.0 Å². The summed E-state index contributed by atoms with van der Waals surface area (Å²) < 4.78 is 7.51. The van der Waals surface area contributed by atoms with Crippen molar-refractivity contribution in [2.75, 3.05) is 13.2 Å². The highest BCUT2D eigenvalue weighted by atomic mass is 16.5. The lowest BCUT2D eigenvalue weighted by atomic mass is 9.91. The van der Waals surface area contributed by atoms with Crippen LogP contribution in [-0.2, 0) is 16.1 Å². The molecule has 2 aromatic rings. The minimum absolute atomic E-state index is 0.000234. The molecule has 0 unspecified atom stereocenters. The maximum Gasteiger partial charge on any atom is 0.241 e. The number of amides is 1. The second kappa shape index (κ2) is 6.74. The molecule has 1 aliphatic heterocycles. The molecule has 0 radical (unpaired) electrons. The first-order chi connectivity index (χ1) is 10.7. The number of carbonyl (C=O) groups is 1. The van der Waals surface area contributed by atoms with Gasteiger partial charge >= 0.3 is 0 Å². The molecule has 22 heavy (non-hydrogen) atoms. The van der Waals surface area contributed by atoms with Crippen LogP contribution in [0.4, 0.5) is 0 Å². The van der Waals surface area contributed by atoms with Crippen molar-refractivity contribution >= 4 is 5.91 Å². The Morgan fingerprint density at radius 3 is 3.18 bits per heavy atom. The molecule has 2 atom stereocenters. The summed E-state index contributed by atoms with van der Waals surface area (Å²) in [6.45, 7) is 3.57. The fraction of sp³-hybridized carbons (Fsp3) is 0.533. The van der Waals surface area contributed by atoms with Crippen molar-refractivity contribution in [2.24, 2.45) is 5.92 Å². The molecule has 0 aliphatic carbocycles. The van der Waals surface area contributed by atoms with Crippen LogP contribution >= 0.6 is 0 Å². The molecular formula is C15H21N5O2. The lowest BCUT2D eigenvalue weighted by molar-refractivity contribution is -0.122. The van der Waals surface area contributed by atoms with Crippen LogP contribution in [0.3, 0.4) is 0 Å². The van der Waals surface area contributed by atoms with Crippen LogP contribution in [0.2, 0.25) is 0 Å². The zero-order valence-corrected chi connectivity index (χ0v) is 12.7. The van der Waals surface area contributed by atoms with E-state index in [0.717, 1.165) is 30.6 Å². The number of hydrogen-bond donors (Lipinski definition) is 2. The zero-order chi connectivity index (χ0) is 15.4. The largest absolute Gasteiger partial charge is 0.373 e. The minimum atomic E-state index is -0.0281. The number of hydrogen-bond acceptors (Lipinski definition) is 4. The van der Waals surface area contributed by atoms with Crippen molar-refractivity contribution in [3.05, 3.63) is 35.9 Å². The highest BCUT2D eigenvalue weighted by molar-refractivity contribution is 5.75. The van der Waals surface area contributed by atoms with Gasteiger partial charge in [0.2, 0.25) is 5.91 Å². The summed E-state index contributed by atoms with van der Waals surface area (Å²) >= 11 is 0. The highest BCUT2D eigenvalue weighted by Crippen LogP contribution is 2.32. The first-order valence-corrected chi connectivity index (χ1v) is 7.58. The van der Waals surface area contributed by atoms with Gasteiger partial charge < -0.3 is 10.1 Å². The molecule has 1 amide bonds. The summed E-state index contributed by atoms with van der Waals surface area (Å²) in [7, 11) is 0. The highest BCUT2D eigenvalue weighted by Gasteiger charge is 2.28. The quantitative estimate of drug-likeness (QED) is 0.869. The third kappa shape index (κ3) is 3.54. The first-order valence-electron chi connectivity index (χ1n) is 7.58. The van der Waals surface area contributed by atoms with E-state index in [1.54, 1.807) is 17.1 Å². The van der Waals surface area contributed by atoms with Crippen molar-refractivity contribution in [1.82, 2.24) is 25.3 Å². The second-order valence-electron chi connectivity index (χ2n) is 5.74. The summed E-state index contributed by atoms with van der Waals surface area (Å²) in [6.07, 6.45) is 9.31. The van der Waals surface area contributed by atoms with Gasteiger partial charge in [-0.05, 0) is 25.3 Å². The van der Waals surface area contributed by atoms with Gasteiger partial charge in [-0.15, -0.1) is 0 Å².